The number of nitrogens with one attached hydrogen (secondary N) is 1. The summed E-state index contributed by atoms with van der Waals surface area (Å²) in [5, 5.41) is 3.10. The molecule has 1 aliphatic heterocycles. The molecule has 0 saturated carbocycles. The number of hydrogen-bond donors (Lipinski definition) is 1. The Hall–Kier alpha value is -4.00. The third-order valence-electron chi connectivity index (χ3n) is 5.00. The van der Waals surface area contributed by atoms with Gasteiger partial charge in [-0.2, -0.15) is 0 Å². The molecule has 2 amide bonds. The van der Waals surface area contributed by atoms with E-state index in [9.17, 15) is 14.0 Å². The lowest BCUT2D eigenvalue weighted by Gasteiger charge is -2.15. The fourth-order valence-electron chi connectivity index (χ4n) is 3.36. The van der Waals surface area contributed by atoms with E-state index in [0.29, 0.717) is 16.9 Å². The second-order valence-electron chi connectivity index (χ2n) is 7.34. The summed E-state index contributed by atoms with van der Waals surface area (Å²) in [5.41, 5.74) is 3.10. The van der Waals surface area contributed by atoms with Crippen molar-refractivity contribution in [2.24, 2.45) is 0 Å². The predicted octanol–water partition coefficient (Wildman–Crippen LogP) is 3.68. The third-order valence-corrected chi connectivity index (χ3v) is 5.00. The summed E-state index contributed by atoms with van der Waals surface area (Å²) in [4.78, 5) is 33.8. The number of hydrogen-bond acceptors (Lipinski definition) is 5. The van der Waals surface area contributed by atoms with E-state index in [1.165, 1.54) is 24.3 Å². The molecule has 0 unspecified atom stereocenters. The number of imide groups is 1. The van der Waals surface area contributed by atoms with Crippen molar-refractivity contribution in [3.63, 3.8) is 0 Å². The molecule has 31 heavy (non-hydrogen) atoms. The van der Waals surface area contributed by atoms with Gasteiger partial charge in [0.05, 0.1) is 17.8 Å². The molecule has 2 aromatic carbocycles. The lowest BCUT2D eigenvalue weighted by molar-refractivity contribution is -0.137. The number of benzene rings is 2. The van der Waals surface area contributed by atoms with Crippen LogP contribution >= 0.6 is 0 Å². The Morgan fingerprint density at radius 2 is 1.65 bits per heavy atom. The van der Waals surface area contributed by atoms with Gasteiger partial charge in [0.15, 0.2) is 0 Å². The number of rotatable bonds is 6. The molecule has 1 aromatic heterocycles. The fourth-order valence-corrected chi connectivity index (χ4v) is 3.36. The van der Waals surface area contributed by atoms with Gasteiger partial charge in [-0.3, -0.25) is 19.5 Å². The van der Waals surface area contributed by atoms with Crippen molar-refractivity contribution in [2.75, 3.05) is 24.3 Å². The maximum absolute atomic E-state index is 13.5. The molecule has 1 N–H and O–H groups in total. The molecule has 0 atom stereocenters. The molecule has 0 saturated heterocycles. The van der Waals surface area contributed by atoms with Crippen molar-refractivity contribution in [1.82, 2.24) is 9.88 Å². The summed E-state index contributed by atoms with van der Waals surface area (Å²) < 4.78 is 13.5. The minimum absolute atomic E-state index is 0.0496. The van der Waals surface area contributed by atoms with Gasteiger partial charge in [0.1, 0.15) is 11.5 Å². The van der Waals surface area contributed by atoms with Crippen molar-refractivity contribution in [1.29, 1.82) is 0 Å². The maximum atomic E-state index is 13.5. The number of pyridine rings is 1. The summed E-state index contributed by atoms with van der Waals surface area (Å²) in [5.74, 6) is -1.32. The highest BCUT2D eigenvalue weighted by molar-refractivity contribution is 6.36. The molecule has 6 nitrogen and oxygen atoms in total. The largest absolute Gasteiger partial charge is 0.378 e. The normalized spacial score (nSPS) is 13.7. The average molecular weight is 416 g/mol. The monoisotopic (exact) mass is 416 g/mol. The molecule has 1 aliphatic rings. The molecule has 2 heterocycles. The van der Waals surface area contributed by atoms with Crippen molar-refractivity contribution in [3.8, 4) is 0 Å². The molecule has 0 fully saturated rings. The number of carbonyl (C=O) groups is 2. The van der Waals surface area contributed by atoms with E-state index in [2.05, 4.69) is 10.3 Å². The quantitative estimate of drug-likeness (QED) is 0.621. The van der Waals surface area contributed by atoms with Crippen LogP contribution in [0.3, 0.4) is 0 Å². The predicted molar refractivity (Wildman–Crippen MR) is 118 cm³/mol. The molecule has 0 radical (unpaired) electrons. The van der Waals surface area contributed by atoms with Gasteiger partial charge in [-0.1, -0.05) is 18.2 Å². The molecular formula is C24H21FN4O2. The Balaban J connectivity index is 1.71. The van der Waals surface area contributed by atoms with Crippen molar-refractivity contribution < 1.29 is 14.0 Å². The van der Waals surface area contributed by atoms with Crippen LogP contribution < -0.4 is 10.2 Å². The topological polar surface area (TPSA) is 65.5 Å². The molecule has 0 bridgehead atoms. The SMILES string of the molecule is CN(C)c1ccc(NC2=C(c3ccc(F)cc3)C(=O)N(Cc3ccccn3)C2=O)cc1. The first-order chi connectivity index (χ1) is 14.9. The lowest BCUT2D eigenvalue weighted by Crippen LogP contribution is -2.32. The zero-order valence-electron chi connectivity index (χ0n) is 17.2. The first-order valence-electron chi connectivity index (χ1n) is 9.75. The summed E-state index contributed by atoms with van der Waals surface area (Å²) in [6, 6.07) is 18.3. The Bertz CT molecular complexity index is 1140. The fraction of sp³-hybridized carbons (Fsp3) is 0.125. The number of aromatic nitrogens is 1. The van der Waals surface area contributed by atoms with Gasteiger partial charge >= 0.3 is 0 Å². The Morgan fingerprint density at radius 3 is 2.26 bits per heavy atom. The smallest absolute Gasteiger partial charge is 0.278 e. The minimum atomic E-state index is -0.452. The Labute approximate surface area is 179 Å². The van der Waals surface area contributed by atoms with E-state index < -0.39 is 17.6 Å². The number of anilines is 2. The van der Waals surface area contributed by atoms with Crippen LogP contribution in [0, 0.1) is 5.82 Å². The molecule has 3 aromatic rings. The molecule has 0 aliphatic carbocycles. The second kappa shape index (κ2) is 8.39. The van der Waals surface area contributed by atoms with E-state index in [0.717, 1.165) is 10.6 Å². The minimum Gasteiger partial charge on any atom is -0.378 e. The van der Waals surface area contributed by atoms with Gasteiger partial charge in [0.2, 0.25) is 0 Å². The zero-order chi connectivity index (χ0) is 22.0. The van der Waals surface area contributed by atoms with E-state index in [1.807, 2.05) is 43.3 Å². The number of carbonyl (C=O) groups excluding carboxylic acids is 2. The number of nitrogens with zero attached hydrogens (tertiary/aromatic N) is 3. The number of halogens is 1. The highest BCUT2D eigenvalue weighted by atomic mass is 19.1. The van der Waals surface area contributed by atoms with Gasteiger partial charge in [-0.25, -0.2) is 4.39 Å². The molecule has 4 rings (SSSR count). The average Bonchev–Trinajstić information content (AvgIpc) is 3.00. The van der Waals surface area contributed by atoms with Crippen LogP contribution in [-0.2, 0) is 16.1 Å². The van der Waals surface area contributed by atoms with E-state index >= 15 is 0 Å². The van der Waals surface area contributed by atoms with Gasteiger partial charge in [0, 0.05) is 31.7 Å². The molecule has 7 heteroatoms. The van der Waals surface area contributed by atoms with Crippen LogP contribution in [0.15, 0.2) is 78.6 Å². The standard InChI is InChI=1S/C24H21FN4O2/c1-28(2)20-12-10-18(11-13-20)27-22-21(16-6-8-17(25)9-7-16)23(30)29(24(22)31)15-19-5-3-4-14-26-19/h3-14,27H,15H2,1-2H3. The number of amides is 2. The molecular weight excluding hydrogens is 395 g/mol. The second-order valence-corrected chi connectivity index (χ2v) is 7.34. The highest BCUT2D eigenvalue weighted by Crippen LogP contribution is 2.31. The van der Waals surface area contributed by atoms with Gasteiger partial charge in [0.25, 0.3) is 11.8 Å². The summed E-state index contributed by atoms with van der Waals surface area (Å²) >= 11 is 0. The zero-order valence-corrected chi connectivity index (χ0v) is 17.2. The van der Waals surface area contributed by atoms with Crippen LogP contribution in [0.25, 0.3) is 5.57 Å². The highest BCUT2D eigenvalue weighted by Gasteiger charge is 2.39. The van der Waals surface area contributed by atoms with Crippen LogP contribution in [0.2, 0.25) is 0 Å². The van der Waals surface area contributed by atoms with Crippen LogP contribution in [0.4, 0.5) is 15.8 Å². The van der Waals surface area contributed by atoms with Crippen molar-refractivity contribution >= 4 is 28.8 Å². The summed E-state index contributed by atoms with van der Waals surface area (Å²) in [7, 11) is 3.87. The summed E-state index contributed by atoms with van der Waals surface area (Å²) in [6.45, 7) is 0.0496. The van der Waals surface area contributed by atoms with E-state index in [1.54, 1.807) is 24.4 Å². The third kappa shape index (κ3) is 4.16. The van der Waals surface area contributed by atoms with E-state index in [-0.39, 0.29) is 17.8 Å². The van der Waals surface area contributed by atoms with Crippen LogP contribution in [-0.4, -0.2) is 35.8 Å². The van der Waals surface area contributed by atoms with Gasteiger partial charge in [-0.05, 0) is 54.1 Å². The first kappa shape index (κ1) is 20.3. The molecule has 156 valence electrons. The van der Waals surface area contributed by atoms with E-state index in [4.69, 9.17) is 0 Å². The lowest BCUT2D eigenvalue weighted by atomic mass is 10.0. The maximum Gasteiger partial charge on any atom is 0.278 e. The Kier molecular flexibility index (Phi) is 5.49. The van der Waals surface area contributed by atoms with Crippen LogP contribution in [0.1, 0.15) is 11.3 Å². The van der Waals surface area contributed by atoms with Crippen LogP contribution in [0.5, 0.6) is 0 Å². The Morgan fingerprint density at radius 1 is 0.935 bits per heavy atom. The van der Waals surface area contributed by atoms with Gasteiger partial charge < -0.3 is 10.2 Å². The van der Waals surface area contributed by atoms with Crippen molar-refractivity contribution in [3.05, 3.63) is 95.7 Å². The summed E-state index contributed by atoms with van der Waals surface area (Å²) in [6.07, 6.45) is 1.61. The molecule has 0 spiro atoms. The van der Waals surface area contributed by atoms with Crippen molar-refractivity contribution in [2.45, 2.75) is 6.54 Å². The first-order valence-corrected chi connectivity index (χ1v) is 9.75. The van der Waals surface area contributed by atoms with Gasteiger partial charge in [-0.15, -0.1) is 0 Å².